The summed E-state index contributed by atoms with van der Waals surface area (Å²) in [4.78, 5) is 29.6. The number of aryl methyl sites for hydroxylation is 1. The number of ether oxygens (including phenoxy) is 2. The van der Waals surface area contributed by atoms with Crippen LogP contribution in [0.15, 0.2) is 48.5 Å². The number of nitrogens with zero attached hydrogens (tertiary/aromatic N) is 2. The van der Waals surface area contributed by atoms with Crippen LogP contribution in [-0.4, -0.2) is 47.2 Å². The number of benzene rings is 2. The predicted molar refractivity (Wildman–Crippen MR) is 126 cm³/mol. The number of carbonyl (C=O) groups is 2. The third kappa shape index (κ3) is 5.90. The Hall–Kier alpha value is -3.39. The molecule has 2 N–H and O–H groups in total. The first-order valence-electron chi connectivity index (χ1n) is 11.5. The van der Waals surface area contributed by atoms with Gasteiger partial charge in [0.15, 0.2) is 0 Å². The third-order valence-corrected chi connectivity index (χ3v) is 5.58. The fraction of sp³-hybridized carbons (Fsp3) is 0.400. The van der Waals surface area contributed by atoms with E-state index in [2.05, 4.69) is 10.6 Å². The molecule has 0 saturated carbocycles. The van der Waals surface area contributed by atoms with Gasteiger partial charge in [-0.15, -0.1) is 0 Å². The summed E-state index contributed by atoms with van der Waals surface area (Å²) in [5, 5.41) is 5.89. The molecule has 33 heavy (non-hydrogen) atoms. The monoisotopic (exact) mass is 450 g/mol. The normalized spacial score (nSPS) is 15.5. The molecular formula is C25H30N4O4. The lowest BCUT2D eigenvalue weighted by Crippen LogP contribution is -2.34. The van der Waals surface area contributed by atoms with Crippen molar-refractivity contribution < 1.29 is 19.1 Å². The van der Waals surface area contributed by atoms with Crippen LogP contribution < -0.4 is 15.4 Å². The highest BCUT2D eigenvalue weighted by Crippen LogP contribution is 2.19. The van der Waals surface area contributed by atoms with E-state index in [1.54, 1.807) is 0 Å². The molecule has 2 heterocycles. The van der Waals surface area contributed by atoms with Gasteiger partial charge in [0.1, 0.15) is 24.2 Å². The van der Waals surface area contributed by atoms with Crippen LogP contribution in [0.25, 0.3) is 11.0 Å². The Morgan fingerprint density at radius 2 is 2.00 bits per heavy atom. The van der Waals surface area contributed by atoms with Crippen molar-refractivity contribution in [3.05, 3.63) is 54.4 Å². The number of fused-ring (bicyclic) bond motifs is 1. The quantitative estimate of drug-likeness (QED) is 0.462. The molecule has 1 aliphatic heterocycles. The molecule has 0 spiro atoms. The van der Waals surface area contributed by atoms with Crippen molar-refractivity contribution >= 4 is 28.5 Å². The van der Waals surface area contributed by atoms with E-state index in [9.17, 15) is 9.59 Å². The van der Waals surface area contributed by atoms with Gasteiger partial charge in [-0.25, -0.2) is 4.98 Å². The zero-order chi connectivity index (χ0) is 23.0. The lowest BCUT2D eigenvalue weighted by molar-refractivity contribution is -0.130. The molecule has 1 saturated heterocycles. The van der Waals surface area contributed by atoms with Gasteiger partial charge in [0.25, 0.3) is 0 Å². The number of amides is 2. The largest absolute Gasteiger partial charge is 0.494 e. The van der Waals surface area contributed by atoms with Crippen LogP contribution >= 0.6 is 0 Å². The molecule has 3 aromatic rings. The highest BCUT2D eigenvalue weighted by atomic mass is 16.5. The van der Waals surface area contributed by atoms with E-state index >= 15 is 0 Å². The summed E-state index contributed by atoms with van der Waals surface area (Å²) in [7, 11) is 0. The number of para-hydroxylation sites is 2. The van der Waals surface area contributed by atoms with Gasteiger partial charge in [-0.3, -0.25) is 9.59 Å². The maximum Gasteiger partial charge on any atom is 0.249 e. The number of hydrogen-bond acceptors (Lipinski definition) is 5. The number of anilines is 1. The lowest BCUT2D eigenvalue weighted by atomic mass is 10.2. The topological polar surface area (TPSA) is 94.5 Å². The van der Waals surface area contributed by atoms with Crippen LogP contribution in [0.1, 0.15) is 32.0 Å². The van der Waals surface area contributed by atoms with Crippen molar-refractivity contribution in [1.82, 2.24) is 14.9 Å². The molecule has 1 aromatic heterocycles. The fourth-order valence-electron chi connectivity index (χ4n) is 3.99. The van der Waals surface area contributed by atoms with Gasteiger partial charge < -0.3 is 24.7 Å². The highest BCUT2D eigenvalue weighted by Gasteiger charge is 2.23. The van der Waals surface area contributed by atoms with E-state index in [1.807, 2.05) is 60.0 Å². The first-order chi connectivity index (χ1) is 16.1. The van der Waals surface area contributed by atoms with E-state index in [0.717, 1.165) is 41.9 Å². The van der Waals surface area contributed by atoms with E-state index in [0.29, 0.717) is 31.9 Å². The SMILES string of the molecule is CCOc1ccc(NC(=O)Cn2c(CCCNC(=O)C3CCCO3)nc3ccccc32)cc1. The Balaban J connectivity index is 1.38. The molecule has 1 unspecified atom stereocenters. The molecule has 174 valence electrons. The Labute approximate surface area is 193 Å². The molecule has 8 heteroatoms. The van der Waals surface area contributed by atoms with Crippen molar-refractivity contribution in [3.63, 3.8) is 0 Å². The van der Waals surface area contributed by atoms with Gasteiger partial charge in [-0.2, -0.15) is 0 Å². The van der Waals surface area contributed by atoms with Gasteiger partial charge in [0.05, 0.1) is 17.6 Å². The Bertz CT molecular complexity index is 1090. The number of rotatable bonds is 10. The molecule has 1 fully saturated rings. The summed E-state index contributed by atoms with van der Waals surface area (Å²) in [5.74, 6) is 1.42. The van der Waals surface area contributed by atoms with Gasteiger partial charge in [-0.05, 0) is 62.6 Å². The van der Waals surface area contributed by atoms with Crippen LogP contribution in [0, 0.1) is 0 Å². The molecule has 8 nitrogen and oxygen atoms in total. The number of imidazole rings is 1. The zero-order valence-corrected chi connectivity index (χ0v) is 18.9. The van der Waals surface area contributed by atoms with Gasteiger partial charge in [0, 0.05) is 25.3 Å². The molecule has 0 aliphatic carbocycles. The highest BCUT2D eigenvalue weighted by molar-refractivity contribution is 5.91. The van der Waals surface area contributed by atoms with Crippen LogP contribution in [0.2, 0.25) is 0 Å². The van der Waals surface area contributed by atoms with Gasteiger partial charge in [-0.1, -0.05) is 12.1 Å². The minimum absolute atomic E-state index is 0.0456. The smallest absolute Gasteiger partial charge is 0.249 e. The van der Waals surface area contributed by atoms with Crippen LogP contribution in [0.5, 0.6) is 5.75 Å². The lowest BCUT2D eigenvalue weighted by Gasteiger charge is -2.12. The summed E-state index contributed by atoms with van der Waals surface area (Å²) in [6.07, 6.45) is 2.77. The van der Waals surface area contributed by atoms with Crippen LogP contribution in [-0.2, 0) is 27.3 Å². The second-order valence-corrected chi connectivity index (χ2v) is 8.00. The van der Waals surface area contributed by atoms with Crippen LogP contribution in [0.3, 0.4) is 0 Å². The molecular weight excluding hydrogens is 420 g/mol. The minimum atomic E-state index is -0.319. The maximum absolute atomic E-state index is 12.8. The predicted octanol–water partition coefficient (Wildman–Crippen LogP) is 3.30. The van der Waals surface area contributed by atoms with E-state index in [4.69, 9.17) is 14.5 Å². The maximum atomic E-state index is 12.8. The van der Waals surface area contributed by atoms with Gasteiger partial charge >= 0.3 is 0 Å². The average molecular weight is 451 g/mol. The van der Waals surface area contributed by atoms with Crippen molar-refractivity contribution in [2.24, 2.45) is 0 Å². The Kier molecular flexibility index (Phi) is 7.57. The van der Waals surface area contributed by atoms with Crippen LogP contribution in [0.4, 0.5) is 5.69 Å². The summed E-state index contributed by atoms with van der Waals surface area (Å²) in [6, 6.07) is 15.1. The first kappa shape index (κ1) is 22.8. The fourth-order valence-corrected chi connectivity index (χ4v) is 3.99. The Morgan fingerprint density at radius 3 is 2.76 bits per heavy atom. The molecule has 1 aliphatic rings. The average Bonchev–Trinajstić information content (AvgIpc) is 3.47. The molecule has 2 aromatic carbocycles. The third-order valence-electron chi connectivity index (χ3n) is 5.58. The Morgan fingerprint density at radius 1 is 1.18 bits per heavy atom. The summed E-state index contributed by atoms with van der Waals surface area (Å²) in [5.41, 5.74) is 2.48. The minimum Gasteiger partial charge on any atom is -0.494 e. The number of aromatic nitrogens is 2. The van der Waals surface area contributed by atoms with Crippen molar-refractivity contribution in [1.29, 1.82) is 0 Å². The second kappa shape index (κ2) is 11.0. The standard InChI is InChI=1S/C25H30N4O4/c1-2-32-19-13-11-18(12-14-19)27-24(30)17-29-21-8-4-3-7-20(21)28-23(29)10-5-15-26-25(31)22-9-6-16-33-22/h3-4,7-8,11-14,22H,2,5-6,9-10,15-17H2,1H3,(H,26,31)(H,27,30). The molecule has 0 bridgehead atoms. The number of hydrogen-bond donors (Lipinski definition) is 2. The zero-order valence-electron chi connectivity index (χ0n) is 18.9. The second-order valence-electron chi connectivity index (χ2n) is 8.00. The molecule has 1 atom stereocenters. The molecule has 0 radical (unpaired) electrons. The van der Waals surface area contributed by atoms with Gasteiger partial charge in [0.2, 0.25) is 11.8 Å². The van der Waals surface area contributed by atoms with Crippen molar-refractivity contribution in [2.75, 3.05) is 25.1 Å². The van der Waals surface area contributed by atoms with Crippen molar-refractivity contribution in [2.45, 2.75) is 45.3 Å². The summed E-state index contributed by atoms with van der Waals surface area (Å²) >= 11 is 0. The van der Waals surface area contributed by atoms with E-state index in [1.165, 1.54) is 0 Å². The number of carbonyl (C=O) groups excluding carboxylic acids is 2. The summed E-state index contributed by atoms with van der Waals surface area (Å²) in [6.45, 7) is 3.88. The molecule has 4 rings (SSSR count). The van der Waals surface area contributed by atoms with E-state index in [-0.39, 0.29) is 24.5 Å². The van der Waals surface area contributed by atoms with E-state index < -0.39 is 0 Å². The summed E-state index contributed by atoms with van der Waals surface area (Å²) < 4.78 is 12.8. The number of nitrogens with one attached hydrogen (secondary N) is 2. The van der Waals surface area contributed by atoms with Crippen molar-refractivity contribution in [3.8, 4) is 5.75 Å². The molecule has 2 amide bonds. The first-order valence-corrected chi connectivity index (χ1v) is 11.5.